The van der Waals surface area contributed by atoms with E-state index in [9.17, 15) is 0 Å². The van der Waals surface area contributed by atoms with Crippen molar-refractivity contribution in [1.82, 2.24) is 4.98 Å². The highest BCUT2D eigenvalue weighted by Crippen LogP contribution is 2.18. The van der Waals surface area contributed by atoms with E-state index in [0.29, 0.717) is 0 Å². The highest BCUT2D eigenvalue weighted by molar-refractivity contribution is 5.41. The zero-order valence-electron chi connectivity index (χ0n) is 9.58. The van der Waals surface area contributed by atoms with E-state index in [4.69, 9.17) is 0 Å². The van der Waals surface area contributed by atoms with Crippen LogP contribution in [0.15, 0.2) is 18.3 Å². The molecule has 0 N–H and O–H groups in total. The van der Waals surface area contributed by atoms with Gasteiger partial charge >= 0.3 is 0 Å². The van der Waals surface area contributed by atoms with Gasteiger partial charge in [0.2, 0.25) is 0 Å². The molecule has 0 saturated carbocycles. The molecule has 1 aliphatic heterocycles. The smallest absolute Gasteiger partial charge is 0.128 e. The predicted octanol–water partition coefficient (Wildman–Crippen LogP) is 3.02. The van der Waals surface area contributed by atoms with Gasteiger partial charge in [-0.3, -0.25) is 0 Å². The summed E-state index contributed by atoms with van der Waals surface area (Å²) >= 11 is 0. The molecule has 0 amide bonds. The SMILES string of the molecule is CCCc1ccnc(N2CCCCC2)c1. The molecule has 1 fully saturated rings. The molecule has 0 radical (unpaired) electrons. The normalized spacial score (nSPS) is 16.7. The predicted molar refractivity (Wildman–Crippen MR) is 64.3 cm³/mol. The number of rotatable bonds is 3. The minimum atomic E-state index is 1.17. The second kappa shape index (κ2) is 5.15. The van der Waals surface area contributed by atoms with Crippen LogP contribution in [0, 0.1) is 0 Å². The number of hydrogen-bond donors (Lipinski definition) is 0. The summed E-state index contributed by atoms with van der Waals surface area (Å²) in [5.74, 6) is 1.18. The summed E-state index contributed by atoms with van der Waals surface area (Å²) in [5.41, 5.74) is 1.42. The highest BCUT2D eigenvalue weighted by atomic mass is 15.2. The van der Waals surface area contributed by atoms with Gasteiger partial charge < -0.3 is 4.90 Å². The lowest BCUT2D eigenvalue weighted by Crippen LogP contribution is -2.30. The molecule has 2 rings (SSSR count). The zero-order valence-corrected chi connectivity index (χ0v) is 9.58. The molecule has 0 spiro atoms. The van der Waals surface area contributed by atoms with E-state index >= 15 is 0 Å². The monoisotopic (exact) mass is 204 g/mol. The number of pyridine rings is 1. The van der Waals surface area contributed by atoms with Crippen LogP contribution in [0.3, 0.4) is 0 Å². The van der Waals surface area contributed by atoms with Gasteiger partial charge in [0.15, 0.2) is 0 Å². The van der Waals surface area contributed by atoms with Crippen molar-refractivity contribution in [3.05, 3.63) is 23.9 Å². The lowest BCUT2D eigenvalue weighted by Gasteiger charge is -2.27. The molecule has 1 aromatic rings. The van der Waals surface area contributed by atoms with Crippen molar-refractivity contribution in [2.24, 2.45) is 0 Å². The van der Waals surface area contributed by atoms with Gasteiger partial charge in [-0.05, 0) is 43.4 Å². The third kappa shape index (κ3) is 2.71. The Labute approximate surface area is 92.3 Å². The first-order valence-corrected chi connectivity index (χ1v) is 6.10. The van der Waals surface area contributed by atoms with Crippen LogP contribution < -0.4 is 4.90 Å². The summed E-state index contributed by atoms with van der Waals surface area (Å²) in [7, 11) is 0. The van der Waals surface area contributed by atoms with Crippen molar-refractivity contribution in [2.45, 2.75) is 39.0 Å². The zero-order chi connectivity index (χ0) is 10.5. The molecule has 1 aromatic heterocycles. The maximum Gasteiger partial charge on any atom is 0.128 e. The van der Waals surface area contributed by atoms with Gasteiger partial charge in [-0.15, -0.1) is 0 Å². The first-order chi connectivity index (χ1) is 7.40. The fourth-order valence-electron chi connectivity index (χ4n) is 2.20. The average Bonchev–Trinajstić information content (AvgIpc) is 2.31. The number of aryl methyl sites for hydroxylation is 1. The highest BCUT2D eigenvalue weighted by Gasteiger charge is 2.11. The van der Waals surface area contributed by atoms with Crippen LogP contribution in [0.4, 0.5) is 5.82 Å². The molecular formula is C13H20N2. The fraction of sp³-hybridized carbons (Fsp3) is 0.615. The lowest BCUT2D eigenvalue weighted by atomic mass is 10.1. The Hall–Kier alpha value is -1.05. The topological polar surface area (TPSA) is 16.1 Å². The van der Waals surface area contributed by atoms with Crippen molar-refractivity contribution < 1.29 is 0 Å². The minimum Gasteiger partial charge on any atom is -0.357 e. The summed E-state index contributed by atoms with van der Waals surface area (Å²) < 4.78 is 0. The van der Waals surface area contributed by atoms with Gasteiger partial charge in [0, 0.05) is 19.3 Å². The molecule has 2 heterocycles. The molecule has 2 nitrogen and oxygen atoms in total. The van der Waals surface area contributed by atoms with Gasteiger partial charge in [0.1, 0.15) is 5.82 Å². The quantitative estimate of drug-likeness (QED) is 0.752. The molecule has 15 heavy (non-hydrogen) atoms. The lowest BCUT2D eigenvalue weighted by molar-refractivity contribution is 0.573. The van der Waals surface area contributed by atoms with Crippen LogP contribution in [0.2, 0.25) is 0 Å². The molecule has 0 bridgehead atoms. The molecule has 0 unspecified atom stereocenters. The van der Waals surface area contributed by atoms with Gasteiger partial charge in [0.25, 0.3) is 0 Å². The maximum atomic E-state index is 4.47. The Morgan fingerprint density at radius 2 is 2.07 bits per heavy atom. The van der Waals surface area contributed by atoms with Crippen LogP contribution >= 0.6 is 0 Å². The second-order valence-electron chi connectivity index (χ2n) is 4.32. The number of nitrogens with zero attached hydrogens (tertiary/aromatic N) is 2. The Kier molecular flexibility index (Phi) is 3.59. The molecule has 0 atom stereocenters. The standard InChI is InChI=1S/C13H20N2/c1-2-6-12-7-8-14-13(11-12)15-9-4-3-5-10-15/h7-8,11H,2-6,9-10H2,1H3. The third-order valence-corrected chi connectivity index (χ3v) is 3.03. The van der Waals surface area contributed by atoms with E-state index < -0.39 is 0 Å². The number of aromatic nitrogens is 1. The van der Waals surface area contributed by atoms with E-state index in [-0.39, 0.29) is 0 Å². The molecule has 1 saturated heterocycles. The third-order valence-electron chi connectivity index (χ3n) is 3.03. The fourth-order valence-corrected chi connectivity index (χ4v) is 2.20. The summed E-state index contributed by atoms with van der Waals surface area (Å²) in [6.45, 7) is 4.59. The van der Waals surface area contributed by atoms with Crippen LogP contribution in [0.1, 0.15) is 38.2 Å². The largest absolute Gasteiger partial charge is 0.357 e. The van der Waals surface area contributed by atoms with Gasteiger partial charge in [-0.1, -0.05) is 13.3 Å². The van der Waals surface area contributed by atoms with Crippen molar-refractivity contribution in [3.63, 3.8) is 0 Å². The summed E-state index contributed by atoms with van der Waals surface area (Å²) in [5, 5.41) is 0. The maximum absolute atomic E-state index is 4.47. The van der Waals surface area contributed by atoms with Crippen LogP contribution in [-0.2, 0) is 6.42 Å². The minimum absolute atomic E-state index is 1.17. The van der Waals surface area contributed by atoms with Crippen molar-refractivity contribution in [1.29, 1.82) is 0 Å². The molecule has 0 aliphatic carbocycles. The van der Waals surface area contributed by atoms with Gasteiger partial charge in [0.05, 0.1) is 0 Å². The Morgan fingerprint density at radius 1 is 1.27 bits per heavy atom. The van der Waals surface area contributed by atoms with Crippen LogP contribution in [-0.4, -0.2) is 18.1 Å². The van der Waals surface area contributed by atoms with Crippen molar-refractivity contribution in [3.8, 4) is 0 Å². The first kappa shape index (κ1) is 10.5. The van der Waals surface area contributed by atoms with E-state index in [1.54, 1.807) is 0 Å². The van der Waals surface area contributed by atoms with Gasteiger partial charge in [-0.25, -0.2) is 4.98 Å². The summed E-state index contributed by atoms with van der Waals surface area (Å²) in [6, 6.07) is 4.39. The first-order valence-electron chi connectivity index (χ1n) is 6.10. The molecule has 2 heteroatoms. The summed E-state index contributed by atoms with van der Waals surface area (Å²) in [6.07, 6.45) is 8.35. The van der Waals surface area contributed by atoms with E-state index in [0.717, 1.165) is 0 Å². The Balaban J connectivity index is 2.09. The van der Waals surface area contributed by atoms with Gasteiger partial charge in [-0.2, -0.15) is 0 Å². The average molecular weight is 204 g/mol. The Bertz CT molecular complexity index is 303. The van der Waals surface area contributed by atoms with E-state index in [1.165, 1.54) is 56.6 Å². The van der Waals surface area contributed by atoms with E-state index in [2.05, 4.69) is 28.9 Å². The van der Waals surface area contributed by atoms with Crippen molar-refractivity contribution >= 4 is 5.82 Å². The second-order valence-corrected chi connectivity index (χ2v) is 4.32. The number of piperidine rings is 1. The van der Waals surface area contributed by atoms with E-state index in [1.807, 2.05) is 6.20 Å². The Morgan fingerprint density at radius 3 is 2.80 bits per heavy atom. The molecule has 82 valence electrons. The molecular weight excluding hydrogens is 184 g/mol. The molecule has 1 aliphatic rings. The number of hydrogen-bond acceptors (Lipinski definition) is 2. The molecule has 0 aromatic carbocycles. The number of anilines is 1. The summed E-state index contributed by atoms with van der Waals surface area (Å²) in [4.78, 5) is 6.89. The van der Waals surface area contributed by atoms with Crippen LogP contribution in [0.25, 0.3) is 0 Å². The van der Waals surface area contributed by atoms with Crippen molar-refractivity contribution in [2.75, 3.05) is 18.0 Å². The van der Waals surface area contributed by atoms with Crippen LogP contribution in [0.5, 0.6) is 0 Å².